The molecule has 0 radical (unpaired) electrons. The van der Waals surface area contributed by atoms with Crippen molar-refractivity contribution < 1.29 is 9.52 Å². The van der Waals surface area contributed by atoms with Crippen LogP contribution in [-0.4, -0.2) is 10.7 Å². The van der Waals surface area contributed by atoms with E-state index in [1.54, 1.807) is 25.5 Å². The smallest absolute Gasteiger partial charge is 0.0977 e. The van der Waals surface area contributed by atoms with Crippen LogP contribution in [0.1, 0.15) is 18.1 Å². The summed E-state index contributed by atoms with van der Waals surface area (Å²) in [6.07, 6.45) is 7.72. The van der Waals surface area contributed by atoms with Gasteiger partial charge in [0.15, 0.2) is 0 Å². The number of hydrogen-bond donors (Lipinski definition) is 1. The Morgan fingerprint density at radius 1 is 1.55 bits per heavy atom. The Labute approximate surface area is 65.1 Å². The van der Waals surface area contributed by atoms with Gasteiger partial charge in [-0.05, 0) is 6.92 Å². The summed E-state index contributed by atoms with van der Waals surface area (Å²) in [5.41, 5.74) is 1.46. The highest BCUT2D eigenvalue weighted by molar-refractivity contribution is 5.56. The average Bonchev–Trinajstić information content (AvgIpc) is 2.31. The molecule has 0 amide bonds. The fourth-order valence-electron chi connectivity index (χ4n) is 1.34. The quantitative estimate of drug-likeness (QED) is 0.609. The van der Waals surface area contributed by atoms with Crippen LogP contribution >= 0.6 is 0 Å². The molecular weight excluding hydrogens is 140 g/mol. The van der Waals surface area contributed by atoms with Crippen molar-refractivity contribution >= 4 is 6.08 Å². The zero-order chi connectivity index (χ0) is 7.90. The van der Waals surface area contributed by atoms with Gasteiger partial charge in [-0.25, -0.2) is 0 Å². The molecule has 11 heavy (non-hydrogen) atoms. The second-order valence-corrected chi connectivity index (χ2v) is 3.22. The monoisotopic (exact) mass is 150 g/mol. The van der Waals surface area contributed by atoms with E-state index in [0.29, 0.717) is 6.42 Å². The summed E-state index contributed by atoms with van der Waals surface area (Å²) >= 11 is 0. The number of rotatable bonds is 0. The third-order valence-electron chi connectivity index (χ3n) is 1.95. The largest absolute Gasteiger partial charge is 0.472 e. The van der Waals surface area contributed by atoms with Crippen molar-refractivity contribution in [1.82, 2.24) is 0 Å². The Morgan fingerprint density at radius 3 is 3.18 bits per heavy atom. The van der Waals surface area contributed by atoms with Gasteiger partial charge in [0.05, 0.1) is 18.1 Å². The molecular formula is C9H10O2. The van der Waals surface area contributed by atoms with Crippen LogP contribution in [0.4, 0.5) is 0 Å². The maximum atomic E-state index is 9.61. The zero-order valence-electron chi connectivity index (χ0n) is 6.37. The topological polar surface area (TPSA) is 33.4 Å². The predicted molar refractivity (Wildman–Crippen MR) is 42.1 cm³/mol. The molecule has 2 rings (SSSR count). The lowest BCUT2D eigenvalue weighted by Gasteiger charge is -2.21. The molecule has 2 nitrogen and oxygen atoms in total. The molecule has 0 saturated carbocycles. The van der Waals surface area contributed by atoms with Gasteiger partial charge >= 0.3 is 0 Å². The summed E-state index contributed by atoms with van der Waals surface area (Å²) in [6, 6.07) is 0. The van der Waals surface area contributed by atoms with Gasteiger partial charge in [-0.3, -0.25) is 0 Å². The van der Waals surface area contributed by atoms with E-state index in [0.717, 1.165) is 11.1 Å². The van der Waals surface area contributed by atoms with E-state index < -0.39 is 5.60 Å². The Kier molecular flexibility index (Phi) is 1.20. The Balaban J connectivity index is 2.44. The molecule has 1 aromatic rings. The van der Waals surface area contributed by atoms with Gasteiger partial charge in [-0.1, -0.05) is 12.2 Å². The first-order chi connectivity index (χ1) is 5.17. The van der Waals surface area contributed by atoms with E-state index >= 15 is 0 Å². The fraction of sp³-hybridized carbons (Fsp3) is 0.333. The average molecular weight is 150 g/mol. The van der Waals surface area contributed by atoms with Crippen LogP contribution in [0, 0.1) is 0 Å². The summed E-state index contributed by atoms with van der Waals surface area (Å²) in [7, 11) is 0. The third kappa shape index (κ3) is 1.10. The van der Waals surface area contributed by atoms with Gasteiger partial charge in [-0.2, -0.15) is 0 Å². The summed E-state index contributed by atoms with van der Waals surface area (Å²) in [5.74, 6) is 0. The lowest BCUT2D eigenvalue weighted by Crippen LogP contribution is -2.25. The highest BCUT2D eigenvalue weighted by Crippen LogP contribution is 2.25. The summed E-state index contributed by atoms with van der Waals surface area (Å²) < 4.78 is 5.00. The summed E-state index contributed by atoms with van der Waals surface area (Å²) in [6.45, 7) is 1.79. The molecule has 0 bridgehead atoms. The molecule has 0 fully saturated rings. The van der Waals surface area contributed by atoms with Crippen LogP contribution in [0.5, 0.6) is 0 Å². The Morgan fingerprint density at radius 2 is 2.36 bits per heavy atom. The maximum Gasteiger partial charge on any atom is 0.0977 e. The highest BCUT2D eigenvalue weighted by Gasteiger charge is 2.23. The molecule has 1 heterocycles. The number of aliphatic hydroxyl groups is 1. The SMILES string of the molecule is CC1(O)C=Cc2cocc2C1. The first-order valence-electron chi connectivity index (χ1n) is 3.64. The second kappa shape index (κ2) is 1.98. The molecule has 1 atom stereocenters. The van der Waals surface area contributed by atoms with Crippen molar-refractivity contribution in [1.29, 1.82) is 0 Å². The minimum absolute atomic E-state index is 0.648. The first-order valence-corrected chi connectivity index (χ1v) is 3.64. The molecule has 0 aromatic carbocycles. The van der Waals surface area contributed by atoms with Crippen molar-refractivity contribution in [3.63, 3.8) is 0 Å². The molecule has 0 saturated heterocycles. The fourth-order valence-corrected chi connectivity index (χ4v) is 1.34. The highest BCUT2D eigenvalue weighted by atomic mass is 16.3. The van der Waals surface area contributed by atoms with Gasteiger partial charge in [0.2, 0.25) is 0 Å². The lowest BCUT2D eigenvalue weighted by atomic mass is 9.90. The standard InChI is InChI=1S/C9H10O2/c1-9(10)3-2-7-5-11-6-8(7)4-9/h2-3,5-6,10H,4H2,1H3. The lowest BCUT2D eigenvalue weighted by molar-refractivity contribution is 0.111. The van der Waals surface area contributed by atoms with Crippen molar-refractivity contribution in [3.05, 3.63) is 29.7 Å². The maximum absolute atomic E-state index is 9.61. The molecule has 0 spiro atoms. The zero-order valence-corrected chi connectivity index (χ0v) is 6.37. The van der Waals surface area contributed by atoms with Gasteiger partial charge in [0, 0.05) is 17.5 Å². The molecule has 1 unspecified atom stereocenters. The van der Waals surface area contributed by atoms with E-state index in [9.17, 15) is 5.11 Å². The van der Waals surface area contributed by atoms with Crippen LogP contribution in [0.3, 0.4) is 0 Å². The second-order valence-electron chi connectivity index (χ2n) is 3.22. The number of hydrogen-bond acceptors (Lipinski definition) is 2. The Hall–Kier alpha value is -1.02. The molecule has 58 valence electrons. The van der Waals surface area contributed by atoms with E-state index in [-0.39, 0.29) is 0 Å². The minimum Gasteiger partial charge on any atom is -0.472 e. The van der Waals surface area contributed by atoms with Crippen LogP contribution < -0.4 is 0 Å². The predicted octanol–water partition coefficient (Wildman–Crippen LogP) is 1.60. The van der Waals surface area contributed by atoms with E-state index in [4.69, 9.17) is 4.42 Å². The third-order valence-corrected chi connectivity index (χ3v) is 1.95. The minimum atomic E-state index is -0.698. The van der Waals surface area contributed by atoms with Crippen molar-refractivity contribution in [2.45, 2.75) is 18.9 Å². The molecule has 0 aliphatic heterocycles. The molecule has 1 aromatic heterocycles. The van der Waals surface area contributed by atoms with Crippen molar-refractivity contribution in [3.8, 4) is 0 Å². The summed E-state index contributed by atoms with van der Waals surface area (Å²) in [5, 5.41) is 9.61. The number of furan rings is 1. The van der Waals surface area contributed by atoms with Crippen molar-refractivity contribution in [2.75, 3.05) is 0 Å². The molecule has 2 heteroatoms. The first kappa shape index (κ1) is 6.68. The van der Waals surface area contributed by atoms with Gasteiger partial charge in [0.1, 0.15) is 0 Å². The van der Waals surface area contributed by atoms with Crippen LogP contribution in [-0.2, 0) is 6.42 Å². The molecule has 1 N–H and O–H groups in total. The molecule has 1 aliphatic rings. The normalized spacial score (nSPS) is 28.5. The summed E-state index contributed by atoms with van der Waals surface area (Å²) in [4.78, 5) is 0. The van der Waals surface area contributed by atoms with Crippen LogP contribution in [0.2, 0.25) is 0 Å². The number of fused-ring (bicyclic) bond motifs is 1. The van der Waals surface area contributed by atoms with E-state index in [2.05, 4.69) is 0 Å². The molecule has 1 aliphatic carbocycles. The van der Waals surface area contributed by atoms with Crippen molar-refractivity contribution in [2.24, 2.45) is 0 Å². The van der Waals surface area contributed by atoms with Crippen LogP contribution in [0.15, 0.2) is 23.0 Å². The van der Waals surface area contributed by atoms with Gasteiger partial charge in [0.25, 0.3) is 0 Å². The van der Waals surface area contributed by atoms with Gasteiger partial charge < -0.3 is 9.52 Å². The van der Waals surface area contributed by atoms with E-state index in [1.807, 2.05) is 6.08 Å². The van der Waals surface area contributed by atoms with Gasteiger partial charge in [-0.15, -0.1) is 0 Å². The Bertz CT molecular complexity index is 294. The van der Waals surface area contributed by atoms with E-state index in [1.165, 1.54) is 0 Å². The van der Waals surface area contributed by atoms with Crippen LogP contribution in [0.25, 0.3) is 6.08 Å².